The van der Waals surface area contributed by atoms with E-state index in [0.717, 1.165) is 5.69 Å². The van der Waals surface area contributed by atoms with Gasteiger partial charge in [-0.2, -0.15) is 0 Å². The van der Waals surface area contributed by atoms with Crippen molar-refractivity contribution in [1.82, 2.24) is 0 Å². The summed E-state index contributed by atoms with van der Waals surface area (Å²) in [5.41, 5.74) is 2.65. The lowest BCUT2D eigenvalue weighted by Crippen LogP contribution is -2.48. The number of hydrogen-bond donors (Lipinski definition) is 0. The molecule has 1 aliphatic heterocycles. The van der Waals surface area contributed by atoms with E-state index in [4.69, 9.17) is 0 Å². The van der Waals surface area contributed by atoms with Crippen molar-refractivity contribution in [1.29, 1.82) is 0 Å². The molecule has 0 aromatic heterocycles. The SMILES string of the molecule is CC(C)(C)c1ccc(N2CC(F)C2)cc1. The van der Waals surface area contributed by atoms with Crippen molar-refractivity contribution in [2.24, 2.45) is 0 Å². The summed E-state index contributed by atoms with van der Waals surface area (Å²) in [5.74, 6) is 0. The fraction of sp³-hybridized carbons (Fsp3) is 0.538. The average molecular weight is 207 g/mol. The van der Waals surface area contributed by atoms with Crippen LogP contribution in [-0.2, 0) is 5.41 Å². The van der Waals surface area contributed by atoms with Crippen LogP contribution in [0.3, 0.4) is 0 Å². The zero-order valence-corrected chi connectivity index (χ0v) is 9.63. The highest BCUT2D eigenvalue weighted by molar-refractivity contribution is 5.50. The quantitative estimate of drug-likeness (QED) is 0.683. The molecule has 0 radical (unpaired) electrons. The van der Waals surface area contributed by atoms with Gasteiger partial charge < -0.3 is 4.90 Å². The minimum atomic E-state index is -0.632. The molecular weight excluding hydrogens is 189 g/mol. The molecule has 1 fully saturated rings. The molecule has 0 saturated carbocycles. The Bertz CT molecular complexity index is 331. The van der Waals surface area contributed by atoms with E-state index in [1.165, 1.54) is 5.56 Å². The fourth-order valence-electron chi connectivity index (χ4n) is 1.81. The molecule has 82 valence electrons. The van der Waals surface area contributed by atoms with E-state index in [1.807, 2.05) is 0 Å². The molecule has 1 aromatic carbocycles. The molecule has 2 heteroatoms. The predicted molar refractivity (Wildman–Crippen MR) is 62.3 cm³/mol. The van der Waals surface area contributed by atoms with Crippen molar-refractivity contribution in [3.8, 4) is 0 Å². The highest BCUT2D eigenvalue weighted by Crippen LogP contribution is 2.27. The summed E-state index contributed by atoms with van der Waals surface area (Å²) in [5, 5.41) is 0. The van der Waals surface area contributed by atoms with Crippen LogP contribution in [0.1, 0.15) is 26.3 Å². The maximum Gasteiger partial charge on any atom is 0.135 e. The Kier molecular flexibility index (Phi) is 2.45. The van der Waals surface area contributed by atoms with Crippen LogP contribution in [0.4, 0.5) is 10.1 Å². The van der Waals surface area contributed by atoms with Gasteiger partial charge in [-0.3, -0.25) is 0 Å². The number of alkyl halides is 1. The summed E-state index contributed by atoms with van der Waals surface area (Å²) in [6.07, 6.45) is -0.632. The summed E-state index contributed by atoms with van der Waals surface area (Å²) >= 11 is 0. The lowest BCUT2D eigenvalue weighted by atomic mass is 9.87. The first-order valence-electron chi connectivity index (χ1n) is 5.46. The van der Waals surface area contributed by atoms with Crippen LogP contribution < -0.4 is 4.90 Å². The second-order valence-corrected chi connectivity index (χ2v) is 5.30. The van der Waals surface area contributed by atoms with Crippen LogP contribution in [-0.4, -0.2) is 19.3 Å². The van der Waals surface area contributed by atoms with E-state index in [1.54, 1.807) is 0 Å². The van der Waals surface area contributed by atoms with Gasteiger partial charge in [-0.25, -0.2) is 4.39 Å². The molecule has 1 heterocycles. The van der Waals surface area contributed by atoms with Crippen molar-refractivity contribution in [2.75, 3.05) is 18.0 Å². The molecular formula is C13H18FN. The zero-order valence-electron chi connectivity index (χ0n) is 9.63. The smallest absolute Gasteiger partial charge is 0.135 e. The van der Waals surface area contributed by atoms with Crippen molar-refractivity contribution >= 4 is 5.69 Å². The number of benzene rings is 1. The van der Waals surface area contributed by atoms with Gasteiger partial charge in [0, 0.05) is 5.69 Å². The predicted octanol–water partition coefficient (Wildman–Crippen LogP) is 3.14. The third-order valence-corrected chi connectivity index (χ3v) is 2.94. The number of anilines is 1. The molecule has 1 saturated heterocycles. The number of rotatable bonds is 1. The van der Waals surface area contributed by atoms with Crippen LogP contribution in [0.25, 0.3) is 0 Å². The maximum absolute atomic E-state index is 12.7. The Balaban J connectivity index is 2.11. The number of halogens is 1. The summed E-state index contributed by atoms with van der Waals surface area (Å²) in [6.45, 7) is 7.69. The first-order valence-corrected chi connectivity index (χ1v) is 5.46. The van der Waals surface area contributed by atoms with E-state index in [2.05, 4.69) is 49.9 Å². The van der Waals surface area contributed by atoms with Gasteiger partial charge in [0.1, 0.15) is 6.17 Å². The molecule has 0 aliphatic carbocycles. The van der Waals surface area contributed by atoms with Crippen LogP contribution in [0.2, 0.25) is 0 Å². The van der Waals surface area contributed by atoms with Gasteiger partial charge in [-0.1, -0.05) is 32.9 Å². The van der Waals surface area contributed by atoms with Gasteiger partial charge in [0.15, 0.2) is 0 Å². The van der Waals surface area contributed by atoms with E-state index in [9.17, 15) is 4.39 Å². The Hall–Kier alpha value is -1.05. The molecule has 1 aliphatic rings. The Morgan fingerprint density at radius 3 is 2.07 bits per heavy atom. The van der Waals surface area contributed by atoms with Gasteiger partial charge >= 0.3 is 0 Å². The summed E-state index contributed by atoms with van der Waals surface area (Å²) in [4.78, 5) is 2.07. The molecule has 0 amide bonds. The molecule has 0 unspecified atom stereocenters. The van der Waals surface area contributed by atoms with E-state index >= 15 is 0 Å². The Morgan fingerprint density at radius 1 is 1.13 bits per heavy atom. The molecule has 2 rings (SSSR count). The van der Waals surface area contributed by atoms with Gasteiger partial charge in [0.05, 0.1) is 13.1 Å². The van der Waals surface area contributed by atoms with Crippen LogP contribution >= 0.6 is 0 Å². The van der Waals surface area contributed by atoms with Gasteiger partial charge in [0.25, 0.3) is 0 Å². The average Bonchev–Trinajstić information content (AvgIpc) is 2.12. The number of hydrogen-bond acceptors (Lipinski definition) is 1. The van der Waals surface area contributed by atoms with Crippen molar-refractivity contribution < 1.29 is 4.39 Å². The highest BCUT2D eigenvalue weighted by Gasteiger charge is 2.26. The summed E-state index contributed by atoms with van der Waals surface area (Å²) < 4.78 is 12.7. The maximum atomic E-state index is 12.7. The normalized spacial score (nSPS) is 17.7. The van der Waals surface area contributed by atoms with Crippen LogP contribution in [0.15, 0.2) is 24.3 Å². The standard InChI is InChI=1S/C13H18FN/c1-13(2,3)10-4-6-12(7-5-10)15-8-11(14)9-15/h4-7,11H,8-9H2,1-3H3. The molecule has 0 N–H and O–H groups in total. The number of nitrogens with zero attached hydrogens (tertiary/aromatic N) is 1. The van der Waals surface area contributed by atoms with Gasteiger partial charge in [-0.15, -0.1) is 0 Å². The third-order valence-electron chi connectivity index (χ3n) is 2.94. The Labute approximate surface area is 90.9 Å². The lowest BCUT2D eigenvalue weighted by Gasteiger charge is -2.36. The van der Waals surface area contributed by atoms with Crippen LogP contribution in [0.5, 0.6) is 0 Å². The van der Waals surface area contributed by atoms with E-state index in [0.29, 0.717) is 13.1 Å². The van der Waals surface area contributed by atoms with Crippen molar-refractivity contribution in [2.45, 2.75) is 32.4 Å². The molecule has 0 bridgehead atoms. The van der Waals surface area contributed by atoms with Crippen LogP contribution in [0, 0.1) is 0 Å². The first kappa shape index (κ1) is 10.5. The topological polar surface area (TPSA) is 3.24 Å². The molecule has 0 spiro atoms. The van der Waals surface area contributed by atoms with Gasteiger partial charge in [-0.05, 0) is 23.1 Å². The summed E-state index contributed by atoms with van der Waals surface area (Å²) in [7, 11) is 0. The molecule has 1 aromatic rings. The van der Waals surface area contributed by atoms with Crippen molar-refractivity contribution in [3.63, 3.8) is 0 Å². The fourth-order valence-corrected chi connectivity index (χ4v) is 1.81. The minimum absolute atomic E-state index is 0.191. The van der Waals surface area contributed by atoms with E-state index in [-0.39, 0.29) is 5.41 Å². The van der Waals surface area contributed by atoms with E-state index < -0.39 is 6.17 Å². The second-order valence-electron chi connectivity index (χ2n) is 5.30. The first-order chi connectivity index (χ1) is 6.97. The summed E-state index contributed by atoms with van der Waals surface area (Å²) in [6, 6.07) is 8.46. The largest absolute Gasteiger partial charge is 0.366 e. The van der Waals surface area contributed by atoms with Gasteiger partial charge in [0.2, 0.25) is 0 Å². The monoisotopic (exact) mass is 207 g/mol. The third kappa shape index (κ3) is 2.14. The second kappa shape index (κ2) is 3.51. The van der Waals surface area contributed by atoms with Crippen molar-refractivity contribution in [3.05, 3.63) is 29.8 Å². The Morgan fingerprint density at radius 2 is 1.67 bits per heavy atom. The lowest BCUT2D eigenvalue weighted by molar-refractivity contribution is 0.275. The molecule has 15 heavy (non-hydrogen) atoms. The highest BCUT2D eigenvalue weighted by atomic mass is 19.1. The molecule has 0 atom stereocenters. The zero-order chi connectivity index (χ0) is 11.1. The molecule has 1 nitrogen and oxygen atoms in total. The minimum Gasteiger partial charge on any atom is -0.366 e.